The van der Waals surface area contributed by atoms with E-state index in [1.165, 1.54) is 4.90 Å². The average Bonchev–Trinajstić information content (AvgIpc) is 3.57. The van der Waals surface area contributed by atoms with Gasteiger partial charge in [0.15, 0.2) is 0 Å². The Morgan fingerprint density at radius 1 is 0.939 bits per heavy atom. The Balaban J connectivity index is 1.76. The number of aliphatic hydroxyl groups excluding tert-OH is 2. The molecule has 1 aromatic carbocycles. The first-order valence-electron chi connectivity index (χ1n) is 18.0. The highest BCUT2D eigenvalue weighted by Gasteiger charge is 2.41. The first-order valence-corrected chi connectivity index (χ1v) is 18.0. The van der Waals surface area contributed by atoms with Gasteiger partial charge < -0.3 is 30.6 Å². The van der Waals surface area contributed by atoms with Crippen molar-refractivity contribution < 1.29 is 29.4 Å². The number of rotatable bonds is 13. The number of carbonyl (C=O) groups is 4. The molecule has 6 atom stereocenters. The van der Waals surface area contributed by atoms with E-state index in [0.29, 0.717) is 30.5 Å². The van der Waals surface area contributed by atoms with Crippen molar-refractivity contribution in [3.05, 3.63) is 47.5 Å². The third-order valence-corrected chi connectivity index (χ3v) is 10.0. The zero-order chi connectivity index (χ0) is 36.6. The fourth-order valence-corrected chi connectivity index (χ4v) is 7.06. The van der Waals surface area contributed by atoms with Crippen LogP contribution in [-0.2, 0) is 19.2 Å². The molecule has 11 heteroatoms. The highest BCUT2D eigenvalue weighted by Crippen LogP contribution is 2.27. The van der Waals surface area contributed by atoms with E-state index in [0.717, 1.165) is 25.8 Å². The molecule has 2 saturated heterocycles. The van der Waals surface area contributed by atoms with E-state index < -0.39 is 48.2 Å². The van der Waals surface area contributed by atoms with E-state index >= 15 is 0 Å². The van der Waals surface area contributed by atoms with Crippen LogP contribution in [0.1, 0.15) is 99.2 Å². The Hall–Kier alpha value is -3.28. The summed E-state index contributed by atoms with van der Waals surface area (Å²) < 4.78 is 0. The number of nitrogens with zero attached hydrogens (tertiary/aromatic N) is 3. The van der Waals surface area contributed by atoms with Crippen molar-refractivity contribution in [2.45, 2.75) is 130 Å². The standard InChI is InChI=1S/C38H61N5O6/c1-24(2)31(41(9)37(49)33(38(6,7)8)40-35(47)29-18-13-14-20-42(29)25(3)4)22-26(5)36(48)43-21-15-19-30(43)34(46)39-28(23-44)32(45)27-16-11-10-12-17-27/h10-12,16-17,22,24-25,28-33,44-45H,13-15,18-21,23H2,1-9H3,(H,39,46)(H,40,47)/b26-22+/t28-,29?,30+,31-,32+,33-/m1/s1. The number of piperidine rings is 1. The summed E-state index contributed by atoms with van der Waals surface area (Å²) >= 11 is 0. The van der Waals surface area contributed by atoms with E-state index in [2.05, 4.69) is 29.4 Å². The molecule has 11 nitrogen and oxygen atoms in total. The monoisotopic (exact) mass is 683 g/mol. The van der Waals surface area contributed by atoms with Crippen molar-refractivity contribution in [2.75, 3.05) is 26.7 Å². The number of hydrogen-bond acceptors (Lipinski definition) is 7. The van der Waals surface area contributed by atoms with Crippen LogP contribution in [0, 0.1) is 11.3 Å². The molecule has 2 aliphatic rings. The summed E-state index contributed by atoms with van der Waals surface area (Å²) in [5.74, 6) is -1.15. The molecular weight excluding hydrogens is 622 g/mol. The van der Waals surface area contributed by atoms with E-state index in [4.69, 9.17) is 0 Å². The molecule has 0 aliphatic carbocycles. The Labute approximate surface area is 293 Å². The number of amides is 4. The van der Waals surface area contributed by atoms with Crippen LogP contribution >= 0.6 is 0 Å². The van der Waals surface area contributed by atoms with Gasteiger partial charge in [-0.3, -0.25) is 24.1 Å². The van der Waals surface area contributed by atoms with Gasteiger partial charge in [0, 0.05) is 25.2 Å². The first kappa shape index (κ1) is 40.2. The Morgan fingerprint density at radius 2 is 1.55 bits per heavy atom. The third-order valence-electron chi connectivity index (χ3n) is 10.0. The summed E-state index contributed by atoms with van der Waals surface area (Å²) in [4.78, 5) is 60.5. The Morgan fingerprint density at radius 3 is 2.12 bits per heavy atom. The van der Waals surface area contributed by atoms with Gasteiger partial charge in [0.25, 0.3) is 0 Å². The molecule has 274 valence electrons. The molecule has 1 aromatic rings. The minimum atomic E-state index is -1.11. The van der Waals surface area contributed by atoms with Crippen molar-refractivity contribution in [1.82, 2.24) is 25.3 Å². The van der Waals surface area contributed by atoms with Gasteiger partial charge >= 0.3 is 0 Å². The van der Waals surface area contributed by atoms with Gasteiger partial charge in [0.1, 0.15) is 18.2 Å². The van der Waals surface area contributed by atoms with Crippen molar-refractivity contribution in [3.63, 3.8) is 0 Å². The van der Waals surface area contributed by atoms with Crippen LogP contribution in [-0.4, -0.2) is 112 Å². The lowest BCUT2D eigenvalue weighted by Gasteiger charge is -2.41. The molecular formula is C38H61N5O6. The lowest BCUT2D eigenvalue weighted by Crippen LogP contribution is -2.60. The fraction of sp³-hybridized carbons (Fsp3) is 0.684. The number of aliphatic hydroxyl groups is 2. The number of carbonyl (C=O) groups excluding carboxylic acids is 4. The summed E-state index contributed by atoms with van der Waals surface area (Å²) in [5, 5.41) is 26.6. The molecule has 2 aliphatic heterocycles. The smallest absolute Gasteiger partial charge is 0.249 e. The topological polar surface area (TPSA) is 143 Å². The minimum Gasteiger partial charge on any atom is -0.394 e. The lowest BCUT2D eigenvalue weighted by molar-refractivity contribution is -0.142. The molecule has 0 bridgehead atoms. The van der Waals surface area contributed by atoms with Gasteiger partial charge in [-0.25, -0.2) is 0 Å². The van der Waals surface area contributed by atoms with Gasteiger partial charge in [-0.2, -0.15) is 0 Å². The normalized spacial score (nSPS) is 21.7. The molecule has 4 N–H and O–H groups in total. The van der Waals surface area contributed by atoms with Gasteiger partial charge in [-0.05, 0) is 69.9 Å². The third kappa shape index (κ3) is 10.1. The van der Waals surface area contributed by atoms with Crippen LogP contribution in [0.15, 0.2) is 42.0 Å². The predicted molar refractivity (Wildman–Crippen MR) is 191 cm³/mol. The van der Waals surface area contributed by atoms with Crippen LogP contribution in [0.2, 0.25) is 0 Å². The summed E-state index contributed by atoms with van der Waals surface area (Å²) in [6.07, 6.45) is 4.55. The van der Waals surface area contributed by atoms with Crippen molar-refractivity contribution >= 4 is 23.6 Å². The van der Waals surface area contributed by atoms with Crippen LogP contribution in [0.25, 0.3) is 0 Å². The first-order chi connectivity index (χ1) is 23.0. The van der Waals surface area contributed by atoms with E-state index in [1.54, 1.807) is 49.2 Å². The maximum atomic E-state index is 14.2. The number of likely N-dealkylation sites (N-methyl/N-ethyl adjacent to an activating group) is 1. The molecule has 2 heterocycles. The molecule has 0 spiro atoms. The largest absolute Gasteiger partial charge is 0.394 e. The average molecular weight is 684 g/mol. The van der Waals surface area contributed by atoms with Crippen molar-refractivity contribution in [1.29, 1.82) is 0 Å². The highest BCUT2D eigenvalue weighted by molar-refractivity contribution is 5.97. The highest BCUT2D eigenvalue weighted by atomic mass is 16.3. The second-order valence-corrected chi connectivity index (χ2v) is 15.5. The summed E-state index contributed by atoms with van der Waals surface area (Å²) in [5.41, 5.74) is 0.413. The SMILES string of the molecule is C/C(=C\[C@H](C(C)C)N(C)C(=O)[C@@H](NC(=O)C1CCCCN1C(C)C)C(C)(C)C)C(=O)N1CCC[C@H]1C(=O)N[C@H](CO)[C@@H](O)c1ccccc1. The molecule has 0 radical (unpaired) electrons. The van der Waals surface area contributed by atoms with Crippen LogP contribution < -0.4 is 10.6 Å². The number of nitrogens with one attached hydrogen (secondary N) is 2. The molecule has 4 amide bonds. The summed E-state index contributed by atoms with van der Waals surface area (Å²) in [7, 11) is 1.71. The molecule has 2 fully saturated rings. The van der Waals surface area contributed by atoms with E-state index in [9.17, 15) is 29.4 Å². The number of benzene rings is 1. The van der Waals surface area contributed by atoms with E-state index in [1.807, 2.05) is 40.7 Å². The molecule has 0 aromatic heterocycles. The number of hydrogen-bond donors (Lipinski definition) is 4. The molecule has 49 heavy (non-hydrogen) atoms. The quantitative estimate of drug-likeness (QED) is 0.234. The van der Waals surface area contributed by atoms with Crippen LogP contribution in [0.5, 0.6) is 0 Å². The number of likely N-dealkylation sites (tertiary alicyclic amines) is 2. The second-order valence-electron chi connectivity index (χ2n) is 15.5. The predicted octanol–water partition coefficient (Wildman–Crippen LogP) is 3.41. The maximum Gasteiger partial charge on any atom is 0.249 e. The van der Waals surface area contributed by atoms with Crippen molar-refractivity contribution in [2.24, 2.45) is 11.3 Å². The molecule has 0 saturated carbocycles. The molecule has 1 unspecified atom stereocenters. The molecule has 3 rings (SSSR count). The Kier molecular flexibility index (Phi) is 14.4. The van der Waals surface area contributed by atoms with Crippen LogP contribution in [0.4, 0.5) is 0 Å². The zero-order valence-electron chi connectivity index (χ0n) is 31.1. The maximum absolute atomic E-state index is 14.2. The minimum absolute atomic E-state index is 0.0507. The zero-order valence-corrected chi connectivity index (χ0v) is 31.1. The summed E-state index contributed by atoms with van der Waals surface area (Å²) in [6.45, 7) is 16.5. The fourth-order valence-electron chi connectivity index (χ4n) is 7.06. The van der Waals surface area contributed by atoms with E-state index in [-0.39, 0.29) is 35.7 Å². The van der Waals surface area contributed by atoms with Gasteiger partial charge in [-0.15, -0.1) is 0 Å². The Bertz CT molecular complexity index is 1310. The van der Waals surface area contributed by atoms with Gasteiger partial charge in [0.05, 0.1) is 24.7 Å². The van der Waals surface area contributed by atoms with Crippen LogP contribution in [0.3, 0.4) is 0 Å². The lowest BCUT2D eigenvalue weighted by atomic mass is 9.84. The summed E-state index contributed by atoms with van der Waals surface area (Å²) in [6, 6.07) is 5.83. The van der Waals surface area contributed by atoms with Gasteiger partial charge in [0.2, 0.25) is 23.6 Å². The second kappa shape index (κ2) is 17.6. The van der Waals surface area contributed by atoms with Crippen molar-refractivity contribution in [3.8, 4) is 0 Å². The van der Waals surface area contributed by atoms with Gasteiger partial charge in [-0.1, -0.05) is 77.4 Å².